The molecule has 17 heavy (non-hydrogen) atoms. The Hall–Kier alpha value is -0.860. The summed E-state index contributed by atoms with van der Waals surface area (Å²) in [5, 5.41) is 11.0. The van der Waals surface area contributed by atoms with E-state index in [1.807, 2.05) is 0 Å². The zero-order valence-electron chi connectivity index (χ0n) is 9.95. The van der Waals surface area contributed by atoms with Crippen LogP contribution in [0.25, 0.3) is 0 Å². The molecule has 0 spiro atoms. The molecule has 1 saturated carbocycles. The number of hydrogen-bond donors (Lipinski definition) is 1. The second-order valence-electron chi connectivity index (χ2n) is 5.05. The van der Waals surface area contributed by atoms with Gasteiger partial charge in [0.1, 0.15) is 5.60 Å². The average Bonchev–Trinajstić information content (AvgIpc) is 2.33. The molecule has 0 aromatic heterocycles. The van der Waals surface area contributed by atoms with E-state index in [1.54, 1.807) is 24.3 Å². The number of aliphatic hydroxyl groups is 1. The van der Waals surface area contributed by atoms with Crippen LogP contribution in [0, 0.1) is 5.92 Å². The molecule has 1 fully saturated rings. The van der Waals surface area contributed by atoms with Gasteiger partial charge < -0.3 is 5.11 Å². The molecule has 0 amide bonds. The Kier molecular flexibility index (Phi) is 3.55. The summed E-state index contributed by atoms with van der Waals surface area (Å²) < 4.78 is 0. The number of carbonyl (C=O) groups is 1. The molecular formula is C14H17ClO2. The van der Waals surface area contributed by atoms with Gasteiger partial charge in [-0.25, -0.2) is 0 Å². The van der Waals surface area contributed by atoms with Gasteiger partial charge in [0, 0.05) is 10.6 Å². The Balaban J connectivity index is 2.16. The van der Waals surface area contributed by atoms with Crippen molar-refractivity contribution in [3.8, 4) is 0 Å². The van der Waals surface area contributed by atoms with Gasteiger partial charge in [-0.1, -0.05) is 18.5 Å². The molecule has 1 aliphatic rings. The Morgan fingerprint density at radius 3 is 2.35 bits per heavy atom. The summed E-state index contributed by atoms with van der Waals surface area (Å²) >= 11 is 5.78. The van der Waals surface area contributed by atoms with Gasteiger partial charge >= 0.3 is 0 Å². The van der Waals surface area contributed by atoms with Crippen LogP contribution in [0.3, 0.4) is 0 Å². The van der Waals surface area contributed by atoms with Crippen molar-refractivity contribution in [3.63, 3.8) is 0 Å². The van der Waals surface area contributed by atoms with Gasteiger partial charge in [0.2, 0.25) is 0 Å². The maximum Gasteiger partial charge on any atom is 0.194 e. The molecule has 1 aromatic rings. The lowest BCUT2D eigenvalue weighted by Gasteiger charge is -2.33. The van der Waals surface area contributed by atoms with E-state index < -0.39 is 5.60 Å². The van der Waals surface area contributed by atoms with Crippen LogP contribution in [0.4, 0.5) is 0 Å². The third-order valence-electron chi connectivity index (χ3n) is 3.63. The Morgan fingerprint density at radius 2 is 1.82 bits per heavy atom. The van der Waals surface area contributed by atoms with E-state index in [2.05, 4.69) is 6.92 Å². The van der Waals surface area contributed by atoms with Gasteiger partial charge in [-0.15, -0.1) is 0 Å². The molecule has 0 saturated heterocycles. The highest BCUT2D eigenvalue weighted by molar-refractivity contribution is 6.30. The highest BCUT2D eigenvalue weighted by atomic mass is 35.5. The number of hydrogen-bond acceptors (Lipinski definition) is 2. The predicted octanol–water partition coefficient (Wildman–Crippen LogP) is 3.46. The second kappa shape index (κ2) is 4.79. The Morgan fingerprint density at radius 1 is 1.29 bits per heavy atom. The van der Waals surface area contributed by atoms with Crippen LogP contribution in [0.5, 0.6) is 0 Å². The molecule has 2 nitrogen and oxygen atoms in total. The van der Waals surface area contributed by atoms with Gasteiger partial charge in [0.15, 0.2) is 5.78 Å². The molecule has 92 valence electrons. The summed E-state index contributed by atoms with van der Waals surface area (Å²) in [6.45, 7) is 2.16. The van der Waals surface area contributed by atoms with E-state index in [4.69, 9.17) is 11.6 Å². The maximum atomic E-state index is 12.2. The van der Waals surface area contributed by atoms with Crippen LogP contribution in [-0.2, 0) is 0 Å². The first-order chi connectivity index (χ1) is 8.01. The number of benzene rings is 1. The molecule has 1 N–H and O–H groups in total. The van der Waals surface area contributed by atoms with Crippen molar-refractivity contribution in [2.45, 2.75) is 38.2 Å². The van der Waals surface area contributed by atoms with Gasteiger partial charge in [0.25, 0.3) is 0 Å². The quantitative estimate of drug-likeness (QED) is 0.819. The van der Waals surface area contributed by atoms with Gasteiger partial charge in [-0.2, -0.15) is 0 Å². The number of halogens is 1. The summed E-state index contributed by atoms with van der Waals surface area (Å²) in [6.07, 6.45) is 2.96. The number of carbonyl (C=O) groups excluding carboxylic acids is 1. The first kappa shape index (κ1) is 12.6. The lowest BCUT2D eigenvalue weighted by molar-refractivity contribution is 0.00426. The second-order valence-corrected chi connectivity index (χ2v) is 5.49. The summed E-state index contributed by atoms with van der Waals surface area (Å²) in [5.74, 6) is 0.439. The maximum absolute atomic E-state index is 12.2. The minimum atomic E-state index is -1.17. The topological polar surface area (TPSA) is 37.3 Å². The highest BCUT2D eigenvalue weighted by Gasteiger charge is 2.39. The first-order valence-corrected chi connectivity index (χ1v) is 6.42. The van der Waals surface area contributed by atoms with Crippen molar-refractivity contribution in [3.05, 3.63) is 34.9 Å². The van der Waals surface area contributed by atoms with Crippen LogP contribution in [0.2, 0.25) is 5.02 Å². The molecule has 0 heterocycles. The van der Waals surface area contributed by atoms with E-state index in [-0.39, 0.29) is 5.78 Å². The molecule has 3 heteroatoms. The molecule has 0 radical (unpaired) electrons. The van der Waals surface area contributed by atoms with Gasteiger partial charge in [-0.3, -0.25) is 4.79 Å². The van der Waals surface area contributed by atoms with Crippen molar-refractivity contribution >= 4 is 17.4 Å². The number of rotatable bonds is 2. The van der Waals surface area contributed by atoms with Crippen molar-refractivity contribution in [2.75, 3.05) is 0 Å². The van der Waals surface area contributed by atoms with Crippen LogP contribution in [0.1, 0.15) is 43.0 Å². The lowest BCUT2D eigenvalue weighted by atomic mass is 9.76. The third-order valence-corrected chi connectivity index (χ3v) is 3.88. The van der Waals surface area contributed by atoms with Crippen LogP contribution in [-0.4, -0.2) is 16.5 Å². The number of Topliss-reactive ketones (excluding diaryl/α,β-unsaturated/α-hetero) is 1. The average molecular weight is 253 g/mol. The minimum absolute atomic E-state index is 0.166. The third kappa shape index (κ3) is 2.70. The molecule has 0 aliphatic heterocycles. The molecule has 1 aromatic carbocycles. The SMILES string of the molecule is CC1CCC(O)(C(=O)c2ccc(Cl)cc2)CC1. The van der Waals surface area contributed by atoms with Gasteiger partial charge in [0.05, 0.1) is 0 Å². The monoisotopic (exact) mass is 252 g/mol. The van der Waals surface area contributed by atoms with Crippen molar-refractivity contribution in [2.24, 2.45) is 5.92 Å². The Labute approximate surface area is 107 Å². The number of ketones is 1. The normalized spacial score (nSPS) is 29.0. The zero-order chi connectivity index (χ0) is 12.5. The predicted molar refractivity (Wildman–Crippen MR) is 68.4 cm³/mol. The van der Waals surface area contributed by atoms with Crippen LogP contribution >= 0.6 is 11.6 Å². The van der Waals surface area contributed by atoms with E-state index >= 15 is 0 Å². The van der Waals surface area contributed by atoms with E-state index in [0.29, 0.717) is 29.3 Å². The fraction of sp³-hybridized carbons (Fsp3) is 0.500. The smallest absolute Gasteiger partial charge is 0.194 e. The van der Waals surface area contributed by atoms with E-state index in [1.165, 1.54) is 0 Å². The van der Waals surface area contributed by atoms with Gasteiger partial charge in [-0.05, 0) is 55.9 Å². The molecule has 0 atom stereocenters. The minimum Gasteiger partial charge on any atom is -0.382 e. The zero-order valence-corrected chi connectivity index (χ0v) is 10.7. The standard InChI is InChI=1S/C14H17ClO2/c1-10-6-8-14(17,9-7-10)13(16)11-2-4-12(15)5-3-11/h2-5,10,17H,6-9H2,1H3. The summed E-state index contributed by atoms with van der Waals surface area (Å²) in [7, 11) is 0. The largest absolute Gasteiger partial charge is 0.382 e. The first-order valence-electron chi connectivity index (χ1n) is 6.04. The fourth-order valence-corrected chi connectivity index (χ4v) is 2.46. The van der Waals surface area contributed by atoms with E-state index in [0.717, 1.165) is 12.8 Å². The summed E-state index contributed by atoms with van der Waals surface area (Å²) in [6, 6.07) is 6.73. The van der Waals surface area contributed by atoms with E-state index in [9.17, 15) is 9.90 Å². The van der Waals surface area contributed by atoms with Crippen LogP contribution < -0.4 is 0 Å². The molecular weight excluding hydrogens is 236 g/mol. The Bertz CT molecular complexity index is 403. The molecule has 1 aliphatic carbocycles. The van der Waals surface area contributed by atoms with Crippen molar-refractivity contribution in [1.29, 1.82) is 0 Å². The molecule has 2 rings (SSSR count). The summed E-state index contributed by atoms with van der Waals surface area (Å²) in [5.41, 5.74) is -0.619. The summed E-state index contributed by atoms with van der Waals surface area (Å²) in [4.78, 5) is 12.2. The highest BCUT2D eigenvalue weighted by Crippen LogP contribution is 2.34. The van der Waals surface area contributed by atoms with Crippen molar-refractivity contribution in [1.82, 2.24) is 0 Å². The lowest BCUT2D eigenvalue weighted by Crippen LogP contribution is -2.41. The molecule has 0 unspecified atom stereocenters. The van der Waals surface area contributed by atoms with Crippen molar-refractivity contribution < 1.29 is 9.90 Å². The fourth-order valence-electron chi connectivity index (χ4n) is 2.34. The van der Waals surface area contributed by atoms with Crippen LogP contribution in [0.15, 0.2) is 24.3 Å². The molecule has 0 bridgehead atoms.